The van der Waals surface area contributed by atoms with Crippen LogP contribution in [0.15, 0.2) is 42.5 Å². The number of non-ortho nitro benzene ring substituents is 1. The minimum absolute atomic E-state index is 0.0394. The number of anilines is 1. The summed E-state index contributed by atoms with van der Waals surface area (Å²) in [6.07, 6.45) is 0. The Morgan fingerprint density at radius 1 is 1.12 bits per heavy atom. The number of benzene rings is 2. The summed E-state index contributed by atoms with van der Waals surface area (Å²) in [4.78, 5) is 49.2. The predicted molar refractivity (Wildman–Crippen MR) is 117 cm³/mol. The first kappa shape index (κ1) is 22.3. The van der Waals surface area contributed by atoms with Gasteiger partial charge in [-0.3, -0.25) is 34.0 Å². The summed E-state index contributed by atoms with van der Waals surface area (Å²) in [5.41, 5.74) is 1.34. The van der Waals surface area contributed by atoms with E-state index in [1.807, 2.05) is 6.07 Å². The van der Waals surface area contributed by atoms with Crippen LogP contribution in [-0.4, -0.2) is 38.7 Å². The van der Waals surface area contributed by atoms with Gasteiger partial charge in [-0.1, -0.05) is 0 Å². The van der Waals surface area contributed by atoms with Crippen molar-refractivity contribution in [2.75, 3.05) is 11.9 Å². The zero-order valence-corrected chi connectivity index (χ0v) is 18.0. The van der Waals surface area contributed by atoms with Crippen molar-refractivity contribution in [3.05, 3.63) is 86.3 Å². The van der Waals surface area contributed by atoms with Crippen molar-refractivity contribution in [3.8, 4) is 11.8 Å². The number of halogens is 1. The summed E-state index contributed by atoms with van der Waals surface area (Å²) in [5, 5.41) is 23.2. The fraction of sp³-hybridized carbons (Fsp3) is 0.130. The van der Waals surface area contributed by atoms with Crippen molar-refractivity contribution in [2.24, 2.45) is 0 Å². The normalized spacial score (nSPS) is 12.5. The molecule has 0 radical (unpaired) electrons. The van der Waals surface area contributed by atoms with Crippen molar-refractivity contribution in [2.45, 2.75) is 13.8 Å². The summed E-state index contributed by atoms with van der Waals surface area (Å²) in [6.45, 7) is 2.75. The lowest BCUT2D eigenvalue weighted by atomic mass is 10.1. The number of carbonyl (C=O) groups is 3. The zero-order chi connectivity index (χ0) is 24.7. The fourth-order valence-corrected chi connectivity index (χ4v) is 3.82. The van der Waals surface area contributed by atoms with Gasteiger partial charge in [0, 0.05) is 23.5 Å². The Bertz CT molecular complexity index is 1440. The Morgan fingerprint density at radius 2 is 1.76 bits per heavy atom. The van der Waals surface area contributed by atoms with Gasteiger partial charge in [-0.2, -0.15) is 5.26 Å². The maximum atomic E-state index is 13.4. The Labute approximate surface area is 192 Å². The summed E-state index contributed by atoms with van der Waals surface area (Å²) in [6, 6.07) is 10.7. The van der Waals surface area contributed by atoms with Gasteiger partial charge < -0.3 is 5.32 Å². The average Bonchev–Trinajstić information content (AvgIpc) is 3.18. The highest BCUT2D eigenvalue weighted by molar-refractivity contribution is 6.23. The molecule has 2 heterocycles. The van der Waals surface area contributed by atoms with Crippen LogP contribution in [0.5, 0.6) is 0 Å². The number of nitriles is 1. The van der Waals surface area contributed by atoms with E-state index in [0.717, 1.165) is 12.1 Å². The van der Waals surface area contributed by atoms with Crippen molar-refractivity contribution >= 4 is 29.2 Å². The first-order valence-corrected chi connectivity index (χ1v) is 9.96. The highest BCUT2D eigenvalue weighted by Crippen LogP contribution is 2.31. The lowest BCUT2D eigenvalue weighted by molar-refractivity contribution is -0.384. The second kappa shape index (κ2) is 8.25. The third-order valence-electron chi connectivity index (χ3n) is 5.63. The minimum atomic E-state index is -0.833. The van der Waals surface area contributed by atoms with E-state index in [2.05, 4.69) is 5.32 Å². The Hall–Kier alpha value is -4.85. The molecule has 0 atom stereocenters. The highest BCUT2D eigenvalue weighted by atomic mass is 19.1. The molecule has 0 bridgehead atoms. The number of fused-ring (bicyclic) bond motifs is 1. The number of hydrogen-bond acceptors (Lipinski definition) is 6. The smallest absolute Gasteiger partial charge is 0.270 e. The van der Waals surface area contributed by atoms with E-state index in [1.54, 1.807) is 18.4 Å². The number of nitro benzene ring substituents is 1. The fourth-order valence-electron chi connectivity index (χ4n) is 3.82. The molecular formula is C23H16FN5O5. The van der Waals surface area contributed by atoms with Crippen LogP contribution in [0.2, 0.25) is 0 Å². The van der Waals surface area contributed by atoms with E-state index < -0.39 is 35.0 Å². The maximum absolute atomic E-state index is 13.4. The van der Waals surface area contributed by atoms with Gasteiger partial charge in [0.25, 0.3) is 17.5 Å². The quantitative estimate of drug-likeness (QED) is 0.352. The van der Waals surface area contributed by atoms with Crippen LogP contribution in [0.3, 0.4) is 0 Å². The molecule has 1 aliphatic heterocycles. The number of carbonyl (C=O) groups excluding carboxylic acids is 3. The lowest BCUT2D eigenvalue weighted by Crippen LogP contribution is -2.37. The number of rotatable bonds is 5. The topological polar surface area (TPSA) is 138 Å². The molecule has 3 aromatic rings. The molecule has 4 rings (SSSR count). The van der Waals surface area contributed by atoms with Crippen LogP contribution in [-0.2, 0) is 4.79 Å². The van der Waals surface area contributed by atoms with Gasteiger partial charge in [-0.05, 0) is 49.7 Å². The molecule has 1 N–H and O–H groups in total. The van der Waals surface area contributed by atoms with E-state index in [0.29, 0.717) is 21.8 Å². The molecule has 170 valence electrons. The SMILES string of the molecule is Cc1c(C#N)c(NC(=O)CN2C(=O)c3ccc([N+](=O)[O-])cc3C2=O)n(-c2ccc(F)cc2)c1C. The van der Waals surface area contributed by atoms with Crippen LogP contribution in [0, 0.1) is 41.1 Å². The number of nitrogens with one attached hydrogen (secondary N) is 1. The summed E-state index contributed by atoms with van der Waals surface area (Å²) >= 11 is 0. The van der Waals surface area contributed by atoms with Gasteiger partial charge >= 0.3 is 0 Å². The predicted octanol–water partition coefficient (Wildman–Crippen LogP) is 3.25. The molecule has 11 heteroatoms. The third-order valence-corrected chi connectivity index (χ3v) is 5.63. The number of imide groups is 1. The van der Waals surface area contributed by atoms with Crippen molar-refractivity contribution in [3.63, 3.8) is 0 Å². The summed E-state index contributed by atoms with van der Waals surface area (Å²) < 4.78 is 15.0. The van der Waals surface area contributed by atoms with Crippen LogP contribution in [0.1, 0.15) is 37.5 Å². The third kappa shape index (κ3) is 3.57. The molecular weight excluding hydrogens is 445 g/mol. The molecule has 0 aliphatic carbocycles. The molecule has 0 saturated heterocycles. The van der Waals surface area contributed by atoms with E-state index in [4.69, 9.17) is 0 Å². The summed E-state index contributed by atoms with van der Waals surface area (Å²) in [5.74, 6) is -2.70. The molecule has 10 nitrogen and oxygen atoms in total. The minimum Gasteiger partial charge on any atom is -0.309 e. The monoisotopic (exact) mass is 461 g/mol. The van der Waals surface area contributed by atoms with Gasteiger partial charge in [0.1, 0.15) is 24.2 Å². The van der Waals surface area contributed by atoms with Gasteiger partial charge in [-0.15, -0.1) is 0 Å². The number of hydrogen-bond donors (Lipinski definition) is 1. The Kier molecular flexibility index (Phi) is 5.42. The highest BCUT2D eigenvalue weighted by Gasteiger charge is 2.38. The van der Waals surface area contributed by atoms with E-state index in [9.17, 15) is 34.2 Å². The lowest BCUT2D eigenvalue weighted by Gasteiger charge is -2.16. The van der Waals surface area contributed by atoms with Gasteiger partial charge in [0.2, 0.25) is 5.91 Å². The van der Waals surface area contributed by atoms with E-state index in [-0.39, 0.29) is 28.2 Å². The van der Waals surface area contributed by atoms with Gasteiger partial charge in [-0.25, -0.2) is 4.39 Å². The molecule has 1 aromatic heterocycles. The van der Waals surface area contributed by atoms with Gasteiger partial charge in [0.05, 0.1) is 21.6 Å². The number of nitrogens with zero attached hydrogens (tertiary/aromatic N) is 4. The van der Waals surface area contributed by atoms with E-state index in [1.165, 1.54) is 30.3 Å². The molecule has 34 heavy (non-hydrogen) atoms. The first-order chi connectivity index (χ1) is 16.1. The number of aromatic nitrogens is 1. The molecule has 0 spiro atoms. The Balaban J connectivity index is 1.64. The number of nitro groups is 1. The molecule has 3 amide bonds. The zero-order valence-electron chi connectivity index (χ0n) is 18.0. The van der Waals surface area contributed by atoms with Crippen LogP contribution >= 0.6 is 0 Å². The van der Waals surface area contributed by atoms with Crippen molar-refractivity contribution in [1.82, 2.24) is 9.47 Å². The second-order valence-electron chi connectivity index (χ2n) is 7.59. The molecule has 0 unspecified atom stereocenters. The second-order valence-corrected chi connectivity index (χ2v) is 7.59. The van der Waals surface area contributed by atoms with E-state index >= 15 is 0 Å². The average molecular weight is 461 g/mol. The van der Waals surface area contributed by atoms with Crippen LogP contribution in [0.4, 0.5) is 15.9 Å². The van der Waals surface area contributed by atoms with Crippen LogP contribution in [0.25, 0.3) is 5.69 Å². The van der Waals surface area contributed by atoms with Crippen molar-refractivity contribution in [1.29, 1.82) is 5.26 Å². The standard InChI is InChI=1S/C23H16FN5O5/c1-12-13(2)28(15-5-3-14(24)4-6-15)21(19(12)10-25)26-20(30)11-27-22(31)17-8-7-16(29(33)34)9-18(17)23(27)32/h3-9H,11H2,1-2H3,(H,26,30). The van der Waals surface area contributed by atoms with Gasteiger partial charge in [0.15, 0.2) is 0 Å². The summed E-state index contributed by atoms with van der Waals surface area (Å²) in [7, 11) is 0. The molecule has 1 aliphatic rings. The molecule has 0 fully saturated rings. The van der Waals surface area contributed by atoms with Crippen molar-refractivity contribution < 1.29 is 23.7 Å². The molecule has 0 saturated carbocycles. The largest absolute Gasteiger partial charge is 0.309 e. The number of amides is 3. The van der Waals surface area contributed by atoms with Crippen LogP contribution < -0.4 is 5.32 Å². The molecule has 2 aromatic carbocycles. The first-order valence-electron chi connectivity index (χ1n) is 9.96. The Morgan fingerprint density at radius 3 is 2.38 bits per heavy atom. The maximum Gasteiger partial charge on any atom is 0.270 e.